The number of benzene rings is 1. The van der Waals surface area contributed by atoms with E-state index in [1.165, 1.54) is 25.4 Å². The predicted molar refractivity (Wildman–Crippen MR) is 90.3 cm³/mol. The van der Waals surface area contributed by atoms with Gasteiger partial charge in [-0.05, 0) is 36.0 Å². The Morgan fingerprint density at radius 3 is 2.62 bits per heavy atom. The van der Waals surface area contributed by atoms with Gasteiger partial charge in [0.25, 0.3) is 0 Å². The van der Waals surface area contributed by atoms with Crippen molar-refractivity contribution in [2.24, 2.45) is 0 Å². The zero-order valence-electron chi connectivity index (χ0n) is 12.4. The fourth-order valence-electron chi connectivity index (χ4n) is 1.89. The van der Waals surface area contributed by atoms with E-state index < -0.39 is 11.7 Å². The van der Waals surface area contributed by atoms with E-state index in [-0.39, 0.29) is 22.2 Å². The smallest absolute Gasteiger partial charge is 0.416 e. The van der Waals surface area contributed by atoms with Crippen molar-refractivity contribution in [1.82, 2.24) is 10.3 Å². The first kappa shape index (κ1) is 18.3. The van der Waals surface area contributed by atoms with Crippen LogP contribution in [0.1, 0.15) is 11.1 Å². The van der Waals surface area contributed by atoms with Crippen molar-refractivity contribution in [3.05, 3.63) is 52.7 Å². The predicted octanol–water partition coefficient (Wildman–Crippen LogP) is 4.25. The number of halogens is 4. The number of anilines is 1. The van der Waals surface area contributed by atoms with Crippen molar-refractivity contribution >= 4 is 34.6 Å². The lowest BCUT2D eigenvalue weighted by Gasteiger charge is -2.15. The minimum Gasteiger partial charge on any atom is -0.481 e. The average Bonchev–Trinajstić information content (AvgIpc) is 2.53. The number of pyridine rings is 1. The van der Waals surface area contributed by atoms with E-state index in [0.29, 0.717) is 11.6 Å². The summed E-state index contributed by atoms with van der Waals surface area (Å²) in [6, 6.07) is 6.92. The Labute approximate surface area is 147 Å². The number of alkyl halides is 3. The van der Waals surface area contributed by atoms with Crippen molar-refractivity contribution in [1.29, 1.82) is 0 Å². The molecule has 2 rings (SSSR count). The van der Waals surface area contributed by atoms with Crippen LogP contribution in [0.2, 0.25) is 5.02 Å². The van der Waals surface area contributed by atoms with Crippen LogP contribution in [-0.4, -0.2) is 17.2 Å². The average molecular weight is 376 g/mol. The topological polar surface area (TPSA) is 46.2 Å². The summed E-state index contributed by atoms with van der Waals surface area (Å²) in [4.78, 5) is 3.99. The first-order valence-corrected chi connectivity index (χ1v) is 7.48. The molecule has 128 valence electrons. The van der Waals surface area contributed by atoms with E-state index in [4.69, 9.17) is 28.6 Å². The summed E-state index contributed by atoms with van der Waals surface area (Å²) in [5, 5.41) is 5.75. The Balaban J connectivity index is 2.01. The van der Waals surface area contributed by atoms with Crippen LogP contribution in [-0.2, 0) is 12.7 Å². The Kier molecular flexibility index (Phi) is 5.84. The summed E-state index contributed by atoms with van der Waals surface area (Å²) in [7, 11) is 1.49. The molecule has 1 heterocycles. The first-order chi connectivity index (χ1) is 11.3. The number of aromatic nitrogens is 1. The van der Waals surface area contributed by atoms with Gasteiger partial charge in [0, 0.05) is 17.6 Å². The molecule has 0 aliphatic rings. The van der Waals surface area contributed by atoms with Gasteiger partial charge in [-0.25, -0.2) is 4.98 Å². The molecule has 4 nitrogen and oxygen atoms in total. The van der Waals surface area contributed by atoms with Crippen molar-refractivity contribution in [3.8, 4) is 5.88 Å². The van der Waals surface area contributed by atoms with Crippen molar-refractivity contribution in [2.75, 3.05) is 12.4 Å². The molecular weight excluding hydrogens is 363 g/mol. The lowest BCUT2D eigenvalue weighted by atomic mass is 10.1. The maximum atomic E-state index is 13.0. The third kappa shape index (κ3) is 4.97. The summed E-state index contributed by atoms with van der Waals surface area (Å²) >= 11 is 10.7. The Bertz CT molecular complexity index is 723. The molecule has 2 N–H and O–H groups in total. The lowest BCUT2D eigenvalue weighted by Crippen LogP contribution is -2.29. The molecule has 2 aromatic rings. The second kappa shape index (κ2) is 7.67. The number of hydrogen-bond acceptors (Lipinski definition) is 3. The first-order valence-electron chi connectivity index (χ1n) is 6.70. The fourth-order valence-corrected chi connectivity index (χ4v) is 2.25. The lowest BCUT2D eigenvalue weighted by molar-refractivity contribution is -0.138. The SMILES string of the molecule is COc1ccc(NC(=S)NCc2ccc(Cl)cc2C(F)(F)F)cn1. The third-order valence-electron chi connectivity index (χ3n) is 3.02. The molecule has 9 heteroatoms. The second-order valence-electron chi connectivity index (χ2n) is 4.70. The highest BCUT2D eigenvalue weighted by molar-refractivity contribution is 7.80. The van der Waals surface area contributed by atoms with E-state index in [1.54, 1.807) is 12.1 Å². The van der Waals surface area contributed by atoms with Gasteiger partial charge in [-0.15, -0.1) is 0 Å². The van der Waals surface area contributed by atoms with Crippen molar-refractivity contribution < 1.29 is 17.9 Å². The van der Waals surface area contributed by atoms with E-state index in [9.17, 15) is 13.2 Å². The van der Waals surface area contributed by atoms with Crippen LogP contribution >= 0.6 is 23.8 Å². The van der Waals surface area contributed by atoms with Gasteiger partial charge in [0.15, 0.2) is 5.11 Å². The molecule has 0 amide bonds. The molecule has 0 saturated heterocycles. The van der Waals surface area contributed by atoms with Crippen molar-refractivity contribution in [2.45, 2.75) is 12.7 Å². The Hall–Kier alpha value is -2.06. The van der Waals surface area contributed by atoms with E-state index >= 15 is 0 Å². The summed E-state index contributed by atoms with van der Waals surface area (Å²) in [5.74, 6) is 0.440. The maximum absolute atomic E-state index is 13.0. The molecule has 1 aromatic heterocycles. The molecule has 0 unspecified atom stereocenters. The number of thiocarbonyl (C=S) groups is 1. The highest BCUT2D eigenvalue weighted by atomic mass is 35.5. The highest BCUT2D eigenvalue weighted by Crippen LogP contribution is 2.33. The quantitative estimate of drug-likeness (QED) is 0.782. The molecule has 0 aliphatic heterocycles. The monoisotopic (exact) mass is 375 g/mol. The summed E-state index contributed by atoms with van der Waals surface area (Å²) in [5.41, 5.74) is -0.166. The number of hydrogen-bond donors (Lipinski definition) is 2. The van der Waals surface area contributed by atoms with Gasteiger partial charge >= 0.3 is 6.18 Å². The van der Waals surface area contributed by atoms with E-state index in [0.717, 1.165) is 6.07 Å². The van der Waals surface area contributed by atoms with Gasteiger partial charge < -0.3 is 15.4 Å². The number of methoxy groups -OCH3 is 1. The molecule has 24 heavy (non-hydrogen) atoms. The summed E-state index contributed by atoms with van der Waals surface area (Å²) < 4.78 is 44.0. The van der Waals surface area contributed by atoms with Crippen LogP contribution in [0.5, 0.6) is 5.88 Å². The van der Waals surface area contributed by atoms with Gasteiger partial charge in [0.1, 0.15) is 0 Å². The zero-order chi connectivity index (χ0) is 17.7. The number of rotatable bonds is 4. The second-order valence-corrected chi connectivity index (χ2v) is 5.54. The minimum atomic E-state index is -4.49. The van der Waals surface area contributed by atoms with Gasteiger partial charge in [-0.2, -0.15) is 13.2 Å². The van der Waals surface area contributed by atoms with E-state index in [1.807, 2.05) is 0 Å². The standard InChI is InChI=1S/C15H13ClF3N3OS/c1-23-13-5-4-11(8-20-13)22-14(24)21-7-9-2-3-10(16)6-12(9)15(17,18)19/h2-6,8H,7H2,1H3,(H2,21,22,24). The molecule has 0 saturated carbocycles. The van der Waals surface area contributed by atoms with Crippen LogP contribution in [0.15, 0.2) is 36.5 Å². The van der Waals surface area contributed by atoms with Gasteiger partial charge in [0.2, 0.25) is 5.88 Å². The zero-order valence-corrected chi connectivity index (χ0v) is 14.0. The van der Waals surface area contributed by atoms with Crippen LogP contribution in [0.3, 0.4) is 0 Å². The third-order valence-corrected chi connectivity index (χ3v) is 3.50. The molecule has 0 radical (unpaired) electrons. The molecule has 1 aromatic carbocycles. The van der Waals surface area contributed by atoms with Gasteiger partial charge in [0.05, 0.1) is 24.6 Å². The normalized spacial score (nSPS) is 11.0. The van der Waals surface area contributed by atoms with Crippen LogP contribution in [0, 0.1) is 0 Å². The summed E-state index contributed by atoms with van der Waals surface area (Å²) in [6.07, 6.45) is -2.99. The molecule has 0 fully saturated rings. The van der Waals surface area contributed by atoms with Crippen LogP contribution in [0.4, 0.5) is 18.9 Å². The summed E-state index contributed by atoms with van der Waals surface area (Å²) in [6.45, 7) is -0.0958. The Morgan fingerprint density at radius 1 is 1.29 bits per heavy atom. The van der Waals surface area contributed by atoms with Crippen LogP contribution < -0.4 is 15.4 Å². The fraction of sp³-hybridized carbons (Fsp3) is 0.200. The van der Waals surface area contributed by atoms with Gasteiger partial charge in [-0.3, -0.25) is 0 Å². The minimum absolute atomic E-state index is 0.0242. The molecule has 0 spiro atoms. The molecule has 0 atom stereocenters. The number of nitrogens with one attached hydrogen (secondary N) is 2. The van der Waals surface area contributed by atoms with Gasteiger partial charge in [-0.1, -0.05) is 17.7 Å². The highest BCUT2D eigenvalue weighted by Gasteiger charge is 2.33. The molecular formula is C15H13ClF3N3OS. The Morgan fingerprint density at radius 2 is 2.04 bits per heavy atom. The maximum Gasteiger partial charge on any atom is 0.416 e. The number of ether oxygens (including phenoxy) is 1. The van der Waals surface area contributed by atoms with Crippen LogP contribution in [0.25, 0.3) is 0 Å². The largest absolute Gasteiger partial charge is 0.481 e. The molecule has 0 bridgehead atoms. The number of nitrogens with zero attached hydrogens (tertiary/aromatic N) is 1. The molecule has 0 aliphatic carbocycles. The van der Waals surface area contributed by atoms with E-state index in [2.05, 4.69) is 15.6 Å². The van der Waals surface area contributed by atoms with Crippen molar-refractivity contribution in [3.63, 3.8) is 0 Å².